The minimum atomic E-state index is -0.132. The van der Waals surface area contributed by atoms with Crippen molar-refractivity contribution in [1.29, 1.82) is 0 Å². The van der Waals surface area contributed by atoms with Gasteiger partial charge in [0.15, 0.2) is 0 Å². The monoisotopic (exact) mass is 291 g/mol. The zero-order valence-electron chi connectivity index (χ0n) is 7.96. The van der Waals surface area contributed by atoms with Crippen LogP contribution in [0.4, 0.5) is 5.69 Å². The van der Waals surface area contributed by atoms with E-state index in [0.29, 0.717) is 28.0 Å². The molecule has 0 unspecified atom stereocenters. The molecule has 2 N–H and O–H groups in total. The number of rotatable bonds is 4. The highest BCUT2D eigenvalue weighted by molar-refractivity contribution is 9.10. The first-order valence-electron chi connectivity index (χ1n) is 4.50. The van der Waals surface area contributed by atoms with E-state index in [4.69, 9.17) is 16.7 Å². The quantitative estimate of drug-likeness (QED) is 0.896. The Morgan fingerprint density at radius 2 is 2.27 bits per heavy atom. The molecule has 1 aromatic carbocycles. The standard InChI is InChI=1S/C10H11BrClNO2/c11-10-7(12)3-1-4-8(10)13-9(15)5-2-6-14/h1,3-4,14H,2,5-6H2,(H,13,15). The molecular weight excluding hydrogens is 281 g/mol. The highest BCUT2D eigenvalue weighted by atomic mass is 79.9. The Kier molecular flexibility index (Phi) is 5.08. The van der Waals surface area contributed by atoms with Gasteiger partial charge in [0.25, 0.3) is 0 Å². The average molecular weight is 293 g/mol. The van der Waals surface area contributed by atoms with Crippen LogP contribution in [-0.4, -0.2) is 17.6 Å². The van der Waals surface area contributed by atoms with Crippen molar-refractivity contribution in [1.82, 2.24) is 0 Å². The van der Waals surface area contributed by atoms with E-state index >= 15 is 0 Å². The maximum Gasteiger partial charge on any atom is 0.224 e. The molecule has 0 radical (unpaired) electrons. The minimum absolute atomic E-state index is 0.0180. The van der Waals surface area contributed by atoms with Crippen LogP contribution in [0, 0.1) is 0 Å². The molecule has 0 heterocycles. The van der Waals surface area contributed by atoms with E-state index in [1.54, 1.807) is 18.2 Å². The molecular formula is C10H11BrClNO2. The second-order valence-electron chi connectivity index (χ2n) is 2.98. The third-order valence-electron chi connectivity index (χ3n) is 1.79. The number of carbonyl (C=O) groups is 1. The van der Waals surface area contributed by atoms with Crippen LogP contribution in [0.15, 0.2) is 22.7 Å². The summed E-state index contributed by atoms with van der Waals surface area (Å²) >= 11 is 9.14. The van der Waals surface area contributed by atoms with Gasteiger partial charge in [-0.05, 0) is 34.5 Å². The van der Waals surface area contributed by atoms with Crippen LogP contribution in [0.1, 0.15) is 12.8 Å². The Balaban J connectivity index is 2.64. The molecule has 0 atom stereocenters. The predicted molar refractivity (Wildman–Crippen MR) is 64.1 cm³/mol. The molecule has 5 heteroatoms. The van der Waals surface area contributed by atoms with Crippen molar-refractivity contribution in [3.05, 3.63) is 27.7 Å². The van der Waals surface area contributed by atoms with Crippen molar-refractivity contribution >= 4 is 39.1 Å². The fourth-order valence-corrected chi connectivity index (χ4v) is 1.59. The minimum Gasteiger partial charge on any atom is -0.396 e. The summed E-state index contributed by atoms with van der Waals surface area (Å²) < 4.78 is 0.670. The molecule has 0 fully saturated rings. The van der Waals surface area contributed by atoms with Gasteiger partial charge in [0.2, 0.25) is 5.91 Å². The predicted octanol–water partition coefficient (Wildman–Crippen LogP) is 2.81. The van der Waals surface area contributed by atoms with Crippen molar-refractivity contribution in [2.75, 3.05) is 11.9 Å². The summed E-state index contributed by atoms with van der Waals surface area (Å²) in [6, 6.07) is 5.25. The van der Waals surface area contributed by atoms with Gasteiger partial charge in [-0.25, -0.2) is 0 Å². The lowest BCUT2D eigenvalue weighted by Gasteiger charge is -2.07. The highest BCUT2D eigenvalue weighted by Gasteiger charge is 2.07. The zero-order valence-corrected chi connectivity index (χ0v) is 10.3. The van der Waals surface area contributed by atoms with Gasteiger partial charge in [-0.1, -0.05) is 17.7 Å². The second-order valence-corrected chi connectivity index (χ2v) is 4.18. The normalized spacial score (nSPS) is 10.1. The topological polar surface area (TPSA) is 49.3 Å². The first-order valence-corrected chi connectivity index (χ1v) is 5.67. The van der Waals surface area contributed by atoms with Gasteiger partial charge in [-0.3, -0.25) is 4.79 Å². The maximum absolute atomic E-state index is 11.3. The van der Waals surface area contributed by atoms with E-state index in [1.165, 1.54) is 0 Å². The number of aliphatic hydroxyl groups excluding tert-OH is 1. The molecule has 0 aliphatic heterocycles. The molecule has 0 bridgehead atoms. The Morgan fingerprint density at radius 1 is 1.53 bits per heavy atom. The van der Waals surface area contributed by atoms with E-state index in [1.807, 2.05) is 0 Å². The van der Waals surface area contributed by atoms with Crippen molar-refractivity contribution in [2.24, 2.45) is 0 Å². The summed E-state index contributed by atoms with van der Waals surface area (Å²) in [6.45, 7) is 0.0180. The van der Waals surface area contributed by atoms with Gasteiger partial charge in [-0.2, -0.15) is 0 Å². The van der Waals surface area contributed by atoms with Crippen LogP contribution in [0.3, 0.4) is 0 Å². The van der Waals surface area contributed by atoms with Gasteiger partial charge in [-0.15, -0.1) is 0 Å². The van der Waals surface area contributed by atoms with E-state index in [2.05, 4.69) is 21.2 Å². The lowest BCUT2D eigenvalue weighted by Crippen LogP contribution is -2.12. The molecule has 1 amide bonds. The Labute approximate surface area is 102 Å². The van der Waals surface area contributed by atoms with E-state index in [9.17, 15) is 4.79 Å². The van der Waals surface area contributed by atoms with Gasteiger partial charge in [0.05, 0.1) is 15.2 Å². The van der Waals surface area contributed by atoms with Gasteiger partial charge in [0.1, 0.15) is 0 Å². The summed E-state index contributed by atoms with van der Waals surface area (Å²) in [4.78, 5) is 11.3. The summed E-state index contributed by atoms with van der Waals surface area (Å²) in [7, 11) is 0. The molecule has 3 nitrogen and oxygen atoms in total. The molecule has 0 aromatic heterocycles. The van der Waals surface area contributed by atoms with E-state index in [0.717, 1.165) is 0 Å². The Hall–Kier alpha value is -0.580. The van der Waals surface area contributed by atoms with Crippen LogP contribution in [0.5, 0.6) is 0 Å². The molecule has 0 spiro atoms. The van der Waals surface area contributed by atoms with E-state index < -0.39 is 0 Å². The van der Waals surface area contributed by atoms with Gasteiger partial charge in [0, 0.05) is 13.0 Å². The molecule has 0 aliphatic carbocycles. The summed E-state index contributed by atoms with van der Waals surface area (Å²) in [5.41, 5.74) is 0.644. The summed E-state index contributed by atoms with van der Waals surface area (Å²) in [6.07, 6.45) is 0.763. The van der Waals surface area contributed by atoms with Crippen LogP contribution < -0.4 is 5.32 Å². The average Bonchev–Trinajstić information content (AvgIpc) is 2.22. The molecule has 0 saturated carbocycles. The first-order chi connectivity index (χ1) is 7.15. The highest BCUT2D eigenvalue weighted by Crippen LogP contribution is 2.29. The molecule has 1 rings (SSSR count). The SMILES string of the molecule is O=C(CCCO)Nc1cccc(Cl)c1Br. The van der Waals surface area contributed by atoms with Crippen LogP contribution >= 0.6 is 27.5 Å². The number of halogens is 2. The zero-order chi connectivity index (χ0) is 11.3. The number of hydrogen-bond donors (Lipinski definition) is 2. The molecule has 0 saturated heterocycles. The molecule has 0 aliphatic rings. The number of carbonyl (C=O) groups excluding carboxylic acids is 1. The lowest BCUT2D eigenvalue weighted by molar-refractivity contribution is -0.116. The summed E-state index contributed by atoms with van der Waals surface area (Å²) in [5.74, 6) is -0.132. The summed E-state index contributed by atoms with van der Waals surface area (Å²) in [5, 5.41) is 11.8. The Morgan fingerprint density at radius 3 is 2.93 bits per heavy atom. The van der Waals surface area contributed by atoms with Gasteiger partial charge < -0.3 is 10.4 Å². The fraction of sp³-hybridized carbons (Fsp3) is 0.300. The van der Waals surface area contributed by atoms with Crippen LogP contribution in [-0.2, 0) is 4.79 Å². The maximum atomic E-state index is 11.3. The van der Waals surface area contributed by atoms with E-state index in [-0.39, 0.29) is 12.5 Å². The number of benzene rings is 1. The fourth-order valence-electron chi connectivity index (χ4n) is 1.05. The Bertz CT molecular complexity index is 357. The van der Waals surface area contributed by atoms with Crippen LogP contribution in [0.25, 0.3) is 0 Å². The van der Waals surface area contributed by atoms with Crippen molar-refractivity contribution < 1.29 is 9.90 Å². The number of anilines is 1. The lowest BCUT2D eigenvalue weighted by atomic mass is 10.2. The first kappa shape index (κ1) is 12.5. The third-order valence-corrected chi connectivity index (χ3v) is 3.19. The second kappa shape index (κ2) is 6.10. The number of hydrogen-bond acceptors (Lipinski definition) is 2. The van der Waals surface area contributed by atoms with Crippen molar-refractivity contribution in [3.8, 4) is 0 Å². The van der Waals surface area contributed by atoms with Crippen molar-refractivity contribution in [3.63, 3.8) is 0 Å². The number of nitrogens with one attached hydrogen (secondary N) is 1. The number of aliphatic hydroxyl groups is 1. The molecule has 15 heavy (non-hydrogen) atoms. The van der Waals surface area contributed by atoms with Gasteiger partial charge >= 0.3 is 0 Å². The van der Waals surface area contributed by atoms with Crippen molar-refractivity contribution in [2.45, 2.75) is 12.8 Å². The molecule has 1 aromatic rings. The van der Waals surface area contributed by atoms with Crippen LogP contribution in [0.2, 0.25) is 5.02 Å². The largest absolute Gasteiger partial charge is 0.396 e. The molecule has 82 valence electrons. The smallest absolute Gasteiger partial charge is 0.224 e. The third kappa shape index (κ3) is 3.81. The number of amides is 1.